The summed E-state index contributed by atoms with van der Waals surface area (Å²) in [6.45, 7) is 3.43. The Kier molecular flexibility index (Phi) is 5.76. The molecule has 1 N–H and O–H groups in total. The summed E-state index contributed by atoms with van der Waals surface area (Å²) >= 11 is 0. The van der Waals surface area contributed by atoms with Crippen LogP contribution in [0, 0.1) is 11.3 Å². The number of nitriles is 1. The Hall–Kier alpha value is -3.99. The molecule has 0 fully saturated rings. The zero-order chi connectivity index (χ0) is 21.8. The molecule has 1 aliphatic heterocycles. The van der Waals surface area contributed by atoms with E-state index in [-0.39, 0.29) is 24.3 Å². The molecule has 0 saturated carbocycles. The molecule has 1 aromatic carbocycles. The van der Waals surface area contributed by atoms with Crippen molar-refractivity contribution in [2.75, 3.05) is 6.54 Å². The lowest BCUT2D eigenvalue weighted by molar-refractivity contribution is -0.120. The normalized spacial score (nSPS) is 15.1. The molecule has 3 aromatic rings. The summed E-state index contributed by atoms with van der Waals surface area (Å²) in [7, 11) is 0. The second kappa shape index (κ2) is 8.79. The maximum Gasteiger partial charge on any atom is 0.254 e. The SMILES string of the molecule is CC1c2nc(CC(=O)NCc3ccccn3)cn2CCN1C(=O)c1cccc(C#N)c1. The Balaban J connectivity index is 1.42. The molecular weight excluding hydrogens is 392 g/mol. The molecule has 0 spiro atoms. The Labute approximate surface area is 180 Å². The summed E-state index contributed by atoms with van der Waals surface area (Å²) in [6, 6.07) is 14.1. The van der Waals surface area contributed by atoms with E-state index in [2.05, 4.69) is 21.4 Å². The van der Waals surface area contributed by atoms with Crippen LogP contribution >= 0.6 is 0 Å². The molecule has 0 radical (unpaired) electrons. The van der Waals surface area contributed by atoms with Crippen LogP contribution in [0.1, 0.15) is 46.1 Å². The number of rotatable bonds is 5. The number of carbonyl (C=O) groups is 2. The van der Waals surface area contributed by atoms with Gasteiger partial charge in [0.2, 0.25) is 5.91 Å². The van der Waals surface area contributed by atoms with Crippen LogP contribution < -0.4 is 5.32 Å². The van der Waals surface area contributed by atoms with E-state index < -0.39 is 0 Å². The van der Waals surface area contributed by atoms with Crippen LogP contribution in [0.2, 0.25) is 0 Å². The molecule has 0 aliphatic carbocycles. The van der Waals surface area contributed by atoms with Crippen molar-refractivity contribution in [2.24, 2.45) is 0 Å². The number of imidazole rings is 1. The topological polar surface area (TPSA) is 104 Å². The van der Waals surface area contributed by atoms with Crippen LogP contribution in [-0.2, 0) is 24.3 Å². The van der Waals surface area contributed by atoms with E-state index in [9.17, 15) is 9.59 Å². The summed E-state index contributed by atoms with van der Waals surface area (Å²) < 4.78 is 2.00. The maximum absolute atomic E-state index is 13.0. The Morgan fingerprint density at radius 3 is 2.84 bits per heavy atom. The van der Waals surface area contributed by atoms with Crippen molar-refractivity contribution < 1.29 is 9.59 Å². The highest BCUT2D eigenvalue weighted by Gasteiger charge is 2.30. The van der Waals surface area contributed by atoms with E-state index in [1.54, 1.807) is 35.4 Å². The molecule has 4 rings (SSSR count). The van der Waals surface area contributed by atoms with Crippen molar-refractivity contribution in [3.05, 3.63) is 83.2 Å². The molecule has 0 bridgehead atoms. The van der Waals surface area contributed by atoms with Gasteiger partial charge in [0.25, 0.3) is 5.91 Å². The molecule has 1 aliphatic rings. The van der Waals surface area contributed by atoms with Crippen LogP contribution in [0.4, 0.5) is 0 Å². The van der Waals surface area contributed by atoms with Crippen LogP contribution in [0.15, 0.2) is 54.9 Å². The third-order valence-electron chi connectivity index (χ3n) is 5.31. The minimum Gasteiger partial charge on any atom is -0.350 e. The highest BCUT2D eigenvalue weighted by molar-refractivity contribution is 5.94. The molecule has 1 atom stereocenters. The molecule has 2 aromatic heterocycles. The molecular formula is C23H22N6O2. The molecule has 8 heteroatoms. The third kappa shape index (κ3) is 4.46. The lowest BCUT2D eigenvalue weighted by Gasteiger charge is -2.33. The van der Waals surface area contributed by atoms with Gasteiger partial charge in [0, 0.05) is 31.0 Å². The monoisotopic (exact) mass is 414 g/mol. The lowest BCUT2D eigenvalue weighted by atomic mass is 10.1. The lowest BCUT2D eigenvalue weighted by Crippen LogP contribution is -2.41. The van der Waals surface area contributed by atoms with Crippen LogP contribution in [-0.4, -0.2) is 37.8 Å². The van der Waals surface area contributed by atoms with Crippen LogP contribution in [0.5, 0.6) is 0 Å². The number of amides is 2. The second-order valence-electron chi connectivity index (χ2n) is 7.43. The van der Waals surface area contributed by atoms with Gasteiger partial charge in [-0.2, -0.15) is 5.26 Å². The number of carbonyl (C=O) groups excluding carboxylic acids is 2. The first-order valence-electron chi connectivity index (χ1n) is 10.1. The zero-order valence-corrected chi connectivity index (χ0v) is 17.2. The van der Waals surface area contributed by atoms with Gasteiger partial charge in [-0.25, -0.2) is 4.98 Å². The molecule has 0 saturated heterocycles. The number of nitrogens with zero attached hydrogens (tertiary/aromatic N) is 5. The van der Waals surface area contributed by atoms with Gasteiger partial charge in [0.1, 0.15) is 5.82 Å². The largest absolute Gasteiger partial charge is 0.350 e. The van der Waals surface area contributed by atoms with Gasteiger partial charge in [-0.1, -0.05) is 12.1 Å². The Morgan fingerprint density at radius 2 is 2.06 bits per heavy atom. The third-order valence-corrected chi connectivity index (χ3v) is 5.31. The number of aromatic nitrogens is 3. The maximum atomic E-state index is 13.0. The molecule has 8 nitrogen and oxygen atoms in total. The fourth-order valence-electron chi connectivity index (χ4n) is 3.72. The first-order chi connectivity index (χ1) is 15.0. The van der Waals surface area contributed by atoms with E-state index in [1.165, 1.54) is 0 Å². The number of nitrogens with one attached hydrogen (secondary N) is 1. The minimum atomic E-state index is -0.239. The van der Waals surface area contributed by atoms with Gasteiger partial charge < -0.3 is 14.8 Å². The number of fused-ring (bicyclic) bond motifs is 1. The van der Waals surface area contributed by atoms with E-state index in [0.29, 0.717) is 36.5 Å². The standard InChI is InChI=1S/C23H22N6O2/c1-16-22-27-20(12-21(30)26-14-19-7-2-3-8-25-19)15-28(22)9-10-29(16)23(31)18-6-4-5-17(11-18)13-24/h2-8,11,15-16H,9-10,12,14H2,1H3,(H,26,30). The summed E-state index contributed by atoms with van der Waals surface area (Å²) in [4.78, 5) is 35.9. The molecule has 2 amide bonds. The highest BCUT2D eigenvalue weighted by Crippen LogP contribution is 2.26. The summed E-state index contributed by atoms with van der Waals surface area (Å²) in [5.41, 5.74) is 2.40. The number of hydrogen-bond acceptors (Lipinski definition) is 5. The van der Waals surface area contributed by atoms with Crippen LogP contribution in [0.3, 0.4) is 0 Å². The number of hydrogen-bond donors (Lipinski definition) is 1. The molecule has 1 unspecified atom stereocenters. The Bertz CT molecular complexity index is 1150. The fraction of sp³-hybridized carbons (Fsp3) is 0.261. The summed E-state index contributed by atoms with van der Waals surface area (Å²) in [5, 5.41) is 11.9. The number of benzene rings is 1. The van der Waals surface area contributed by atoms with Gasteiger partial charge in [0.15, 0.2) is 0 Å². The van der Waals surface area contributed by atoms with E-state index in [1.807, 2.05) is 35.9 Å². The minimum absolute atomic E-state index is 0.130. The van der Waals surface area contributed by atoms with Crippen LogP contribution in [0.25, 0.3) is 0 Å². The van der Waals surface area contributed by atoms with E-state index in [4.69, 9.17) is 5.26 Å². The van der Waals surface area contributed by atoms with Crippen molar-refractivity contribution in [3.63, 3.8) is 0 Å². The second-order valence-corrected chi connectivity index (χ2v) is 7.43. The molecule has 31 heavy (non-hydrogen) atoms. The summed E-state index contributed by atoms with van der Waals surface area (Å²) in [5.74, 6) is 0.493. The average molecular weight is 414 g/mol. The number of pyridine rings is 1. The zero-order valence-electron chi connectivity index (χ0n) is 17.2. The quantitative estimate of drug-likeness (QED) is 0.689. The average Bonchev–Trinajstić information content (AvgIpc) is 3.21. The van der Waals surface area contributed by atoms with Gasteiger partial charge in [-0.05, 0) is 37.3 Å². The molecule has 3 heterocycles. The van der Waals surface area contributed by atoms with Crippen molar-refractivity contribution in [1.29, 1.82) is 5.26 Å². The van der Waals surface area contributed by atoms with Crippen molar-refractivity contribution >= 4 is 11.8 Å². The van der Waals surface area contributed by atoms with Gasteiger partial charge in [-0.15, -0.1) is 0 Å². The predicted molar refractivity (Wildman–Crippen MR) is 113 cm³/mol. The van der Waals surface area contributed by atoms with Gasteiger partial charge in [-0.3, -0.25) is 14.6 Å². The van der Waals surface area contributed by atoms with E-state index >= 15 is 0 Å². The fourth-order valence-corrected chi connectivity index (χ4v) is 3.72. The smallest absolute Gasteiger partial charge is 0.254 e. The molecule has 156 valence electrons. The first-order valence-corrected chi connectivity index (χ1v) is 10.1. The Morgan fingerprint density at radius 1 is 1.19 bits per heavy atom. The highest BCUT2D eigenvalue weighted by atomic mass is 16.2. The van der Waals surface area contributed by atoms with Crippen molar-refractivity contribution in [2.45, 2.75) is 32.5 Å². The van der Waals surface area contributed by atoms with Gasteiger partial charge in [0.05, 0.1) is 42.0 Å². The van der Waals surface area contributed by atoms with E-state index in [0.717, 1.165) is 11.5 Å². The first kappa shape index (κ1) is 20.3. The van der Waals surface area contributed by atoms with Crippen molar-refractivity contribution in [1.82, 2.24) is 24.8 Å². The van der Waals surface area contributed by atoms with Crippen molar-refractivity contribution in [3.8, 4) is 6.07 Å². The van der Waals surface area contributed by atoms with Gasteiger partial charge >= 0.3 is 0 Å². The predicted octanol–water partition coefficient (Wildman–Crippen LogP) is 2.23. The summed E-state index contributed by atoms with van der Waals surface area (Å²) in [6.07, 6.45) is 3.73.